The van der Waals surface area contributed by atoms with Crippen LogP contribution in [0.5, 0.6) is 0 Å². The van der Waals surface area contributed by atoms with Crippen molar-refractivity contribution in [3.05, 3.63) is 12.7 Å². The smallest absolute Gasteiger partial charge is 0.320 e. The molecule has 120 valence electrons. The van der Waals surface area contributed by atoms with Crippen molar-refractivity contribution in [3.63, 3.8) is 0 Å². The second-order valence-electron chi connectivity index (χ2n) is 5.66. The summed E-state index contributed by atoms with van der Waals surface area (Å²) in [5.74, 6) is 0. The molecule has 3 heteroatoms. The Bertz CT molecular complexity index is 193. The van der Waals surface area contributed by atoms with Gasteiger partial charge in [-0.2, -0.15) is 0 Å². The molecule has 0 aliphatic carbocycles. The van der Waals surface area contributed by atoms with Crippen molar-refractivity contribution in [3.8, 4) is 0 Å². The highest BCUT2D eigenvalue weighted by Gasteiger charge is 2.07. The highest BCUT2D eigenvalue weighted by molar-refractivity contribution is 6.44. The molecule has 0 saturated heterocycles. The Labute approximate surface area is 128 Å². The summed E-state index contributed by atoms with van der Waals surface area (Å²) in [6, 6.07) is 1.16. The fourth-order valence-corrected chi connectivity index (χ4v) is 3.81. The molecule has 0 aromatic rings. The topological polar surface area (TPSA) is 18.5 Å². The van der Waals surface area contributed by atoms with Crippen molar-refractivity contribution in [2.75, 3.05) is 14.2 Å². The Morgan fingerprint density at radius 2 is 1.10 bits per heavy atom. The van der Waals surface area contributed by atoms with Crippen LogP contribution in [0.15, 0.2) is 12.7 Å². The lowest BCUT2D eigenvalue weighted by molar-refractivity contribution is 0.276. The third-order valence-corrected chi connectivity index (χ3v) is 5.81. The normalized spacial score (nSPS) is 11.2. The fraction of sp³-hybridized carbons (Fsp3) is 0.882. The van der Waals surface area contributed by atoms with Gasteiger partial charge in [-0.15, -0.1) is 6.58 Å². The van der Waals surface area contributed by atoms with E-state index in [1.165, 1.54) is 77.0 Å². The van der Waals surface area contributed by atoms with Crippen LogP contribution in [-0.2, 0) is 8.85 Å². The molecule has 0 saturated carbocycles. The number of hydrogen-bond donors (Lipinski definition) is 0. The standard InChI is InChI=1S/C17H36O2Si/c1-4-5-6-7-8-9-10-11-12-13-14-15-16-17-20(18-2)19-3/h4,20H,1,5-17H2,2-3H3. The largest absolute Gasteiger partial charge is 0.400 e. The molecule has 0 radical (unpaired) electrons. The summed E-state index contributed by atoms with van der Waals surface area (Å²) < 4.78 is 10.6. The third-order valence-electron chi connectivity index (χ3n) is 3.87. The summed E-state index contributed by atoms with van der Waals surface area (Å²) in [5, 5.41) is 0. The van der Waals surface area contributed by atoms with Gasteiger partial charge in [0.1, 0.15) is 0 Å². The average molecular weight is 301 g/mol. The SMILES string of the molecule is C=CCCCCCCCCCCCCC[SiH](OC)OC. The fourth-order valence-electron chi connectivity index (χ4n) is 2.52. The van der Waals surface area contributed by atoms with E-state index in [1.807, 2.05) is 6.08 Å². The molecular weight excluding hydrogens is 264 g/mol. The van der Waals surface area contributed by atoms with Crippen molar-refractivity contribution in [2.45, 2.75) is 83.1 Å². The molecule has 0 unspecified atom stereocenters. The van der Waals surface area contributed by atoms with E-state index in [0.29, 0.717) is 0 Å². The molecule has 0 rings (SSSR count). The summed E-state index contributed by atoms with van der Waals surface area (Å²) in [6.45, 7) is 3.76. The Morgan fingerprint density at radius 3 is 1.50 bits per heavy atom. The Hall–Kier alpha value is -0.123. The van der Waals surface area contributed by atoms with Gasteiger partial charge < -0.3 is 8.85 Å². The van der Waals surface area contributed by atoms with Gasteiger partial charge in [0.25, 0.3) is 0 Å². The van der Waals surface area contributed by atoms with E-state index in [9.17, 15) is 0 Å². The highest BCUT2D eigenvalue weighted by Crippen LogP contribution is 2.13. The lowest BCUT2D eigenvalue weighted by atomic mass is 10.1. The van der Waals surface area contributed by atoms with Crippen LogP contribution in [0.1, 0.15) is 77.0 Å². The van der Waals surface area contributed by atoms with Crippen LogP contribution < -0.4 is 0 Å². The number of hydrogen-bond acceptors (Lipinski definition) is 2. The van der Waals surface area contributed by atoms with Crippen molar-refractivity contribution in [1.82, 2.24) is 0 Å². The first-order chi connectivity index (χ1) is 9.85. The minimum Gasteiger partial charge on any atom is -0.400 e. The van der Waals surface area contributed by atoms with Crippen LogP contribution in [0.4, 0.5) is 0 Å². The van der Waals surface area contributed by atoms with Gasteiger partial charge in [0.05, 0.1) is 0 Å². The first-order valence-corrected chi connectivity index (χ1v) is 10.3. The zero-order chi connectivity index (χ0) is 14.9. The summed E-state index contributed by atoms with van der Waals surface area (Å²) in [5.41, 5.74) is 0. The van der Waals surface area contributed by atoms with E-state index in [4.69, 9.17) is 8.85 Å². The predicted octanol–water partition coefficient (Wildman–Crippen LogP) is 5.37. The van der Waals surface area contributed by atoms with Crippen molar-refractivity contribution in [2.24, 2.45) is 0 Å². The second-order valence-corrected chi connectivity index (χ2v) is 8.04. The van der Waals surface area contributed by atoms with Gasteiger partial charge in [-0.25, -0.2) is 0 Å². The highest BCUT2D eigenvalue weighted by atomic mass is 28.3. The molecule has 0 spiro atoms. The van der Waals surface area contributed by atoms with Crippen molar-refractivity contribution < 1.29 is 8.85 Å². The monoisotopic (exact) mass is 300 g/mol. The second kappa shape index (κ2) is 16.9. The van der Waals surface area contributed by atoms with Crippen LogP contribution in [0.25, 0.3) is 0 Å². The summed E-state index contributed by atoms with van der Waals surface area (Å²) in [7, 11) is 2.27. The maximum Gasteiger partial charge on any atom is 0.320 e. The van der Waals surface area contributed by atoms with Crippen LogP contribution in [0.3, 0.4) is 0 Å². The average Bonchev–Trinajstić information content (AvgIpc) is 2.48. The molecule has 0 N–H and O–H groups in total. The van der Waals surface area contributed by atoms with E-state index in [-0.39, 0.29) is 0 Å². The van der Waals surface area contributed by atoms with Gasteiger partial charge in [-0.1, -0.05) is 70.3 Å². The first-order valence-electron chi connectivity index (χ1n) is 8.51. The summed E-state index contributed by atoms with van der Waals surface area (Å²) in [6.07, 6.45) is 18.5. The Balaban J connectivity index is 3.04. The lowest BCUT2D eigenvalue weighted by Crippen LogP contribution is -2.18. The molecule has 0 bridgehead atoms. The molecule has 0 fully saturated rings. The molecule has 0 aliphatic heterocycles. The van der Waals surface area contributed by atoms with E-state index >= 15 is 0 Å². The van der Waals surface area contributed by atoms with Gasteiger partial charge in [-0.3, -0.25) is 0 Å². The number of unbranched alkanes of at least 4 members (excludes halogenated alkanes) is 11. The van der Waals surface area contributed by atoms with E-state index in [2.05, 4.69) is 6.58 Å². The number of rotatable bonds is 16. The zero-order valence-electron chi connectivity index (χ0n) is 13.9. The van der Waals surface area contributed by atoms with Gasteiger partial charge in [0.15, 0.2) is 0 Å². The van der Waals surface area contributed by atoms with Gasteiger partial charge in [0.2, 0.25) is 0 Å². The van der Waals surface area contributed by atoms with Crippen LogP contribution >= 0.6 is 0 Å². The van der Waals surface area contributed by atoms with Crippen molar-refractivity contribution >= 4 is 9.28 Å². The molecule has 0 aliphatic rings. The molecule has 0 amide bonds. The molecule has 0 atom stereocenters. The van der Waals surface area contributed by atoms with Gasteiger partial charge in [0, 0.05) is 14.2 Å². The maximum atomic E-state index is 5.32. The predicted molar refractivity (Wildman–Crippen MR) is 91.6 cm³/mol. The minimum atomic E-state index is -1.29. The first kappa shape index (κ1) is 19.9. The minimum absolute atomic E-state index is 1.16. The van der Waals surface area contributed by atoms with Crippen LogP contribution in [0.2, 0.25) is 6.04 Å². The Kier molecular flexibility index (Phi) is 16.8. The summed E-state index contributed by atoms with van der Waals surface area (Å²) in [4.78, 5) is 0. The summed E-state index contributed by atoms with van der Waals surface area (Å²) >= 11 is 0. The third kappa shape index (κ3) is 14.3. The number of allylic oxidation sites excluding steroid dienone is 1. The molecule has 2 nitrogen and oxygen atoms in total. The van der Waals surface area contributed by atoms with Gasteiger partial charge in [-0.05, 0) is 18.9 Å². The Morgan fingerprint density at radius 1 is 0.700 bits per heavy atom. The van der Waals surface area contributed by atoms with E-state index in [1.54, 1.807) is 14.2 Å². The van der Waals surface area contributed by atoms with Crippen molar-refractivity contribution in [1.29, 1.82) is 0 Å². The molecular formula is C17H36O2Si. The molecule has 20 heavy (non-hydrogen) atoms. The molecule has 0 heterocycles. The molecule has 0 aromatic heterocycles. The van der Waals surface area contributed by atoms with E-state index in [0.717, 1.165) is 6.04 Å². The lowest BCUT2D eigenvalue weighted by Gasteiger charge is -2.10. The maximum absolute atomic E-state index is 5.32. The quantitative estimate of drug-likeness (QED) is 0.217. The zero-order valence-corrected chi connectivity index (χ0v) is 15.0. The van der Waals surface area contributed by atoms with Crippen LogP contribution in [0, 0.1) is 0 Å². The van der Waals surface area contributed by atoms with Gasteiger partial charge >= 0.3 is 9.28 Å². The van der Waals surface area contributed by atoms with E-state index < -0.39 is 9.28 Å². The molecule has 0 aromatic carbocycles. The van der Waals surface area contributed by atoms with Crippen LogP contribution in [-0.4, -0.2) is 23.5 Å².